The second-order valence-electron chi connectivity index (χ2n) is 4.61. The highest BCUT2D eigenvalue weighted by Crippen LogP contribution is 2.48. The largest absolute Gasteiger partial charge is 0.383 e. The lowest BCUT2D eigenvalue weighted by molar-refractivity contribution is -0.0198. The van der Waals surface area contributed by atoms with Crippen molar-refractivity contribution in [3.8, 4) is 0 Å². The summed E-state index contributed by atoms with van der Waals surface area (Å²) in [7, 11) is 1.30. The Morgan fingerprint density at radius 3 is 3.00 bits per heavy atom. The number of nitrogens with two attached hydrogens (primary N) is 1. The number of nitrogens with zero attached hydrogens (tertiary/aromatic N) is 2. The van der Waals surface area contributed by atoms with Gasteiger partial charge >= 0.3 is 12.4 Å². The Morgan fingerprint density at radius 2 is 2.43 bits per heavy atom. The van der Waals surface area contributed by atoms with E-state index in [1.54, 1.807) is 0 Å². The van der Waals surface area contributed by atoms with Crippen molar-refractivity contribution in [2.24, 2.45) is 0 Å². The Labute approximate surface area is 127 Å². The maximum atomic E-state index is 11.8. The van der Waals surface area contributed by atoms with E-state index in [0.717, 1.165) is 0 Å². The van der Waals surface area contributed by atoms with Gasteiger partial charge in [-0.2, -0.15) is 4.98 Å². The molecule has 1 aliphatic heterocycles. The molecule has 0 bridgehead atoms. The first kappa shape index (κ1) is 16.5. The van der Waals surface area contributed by atoms with Crippen LogP contribution < -0.4 is 11.4 Å². The molecule has 2 unspecified atom stereocenters. The molecule has 2 rings (SSSR count). The van der Waals surface area contributed by atoms with Crippen molar-refractivity contribution in [1.29, 1.82) is 0 Å². The van der Waals surface area contributed by atoms with E-state index < -0.39 is 24.7 Å². The molecule has 0 aliphatic carbocycles. The van der Waals surface area contributed by atoms with E-state index in [1.807, 2.05) is 6.92 Å². The lowest BCUT2D eigenvalue weighted by atomic mass is 10.1. The molecule has 0 amide bonds. The molecule has 1 aliphatic rings. The molecule has 21 heavy (non-hydrogen) atoms. The maximum absolute atomic E-state index is 11.8. The van der Waals surface area contributed by atoms with E-state index >= 15 is 0 Å². The number of aromatic nitrogens is 2. The number of rotatable bonds is 5. The summed E-state index contributed by atoms with van der Waals surface area (Å²) in [6, 6.07) is 1.52. The molecular weight excluding hydrogens is 317 g/mol. The van der Waals surface area contributed by atoms with Crippen molar-refractivity contribution in [2.75, 3.05) is 12.8 Å². The summed E-state index contributed by atoms with van der Waals surface area (Å²) < 4.78 is 17.3. The minimum absolute atomic E-state index is 0.152. The van der Waals surface area contributed by atoms with Gasteiger partial charge in [-0.1, -0.05) is 6.92 Å². The van der Waals surface area contributed by atoms with E-state index in [-0.39, 0.29) is 11.9 Å². The summed E-state index contributed by atoms with van der Waals surface area (Å²) in [4.78, 5) is 25.3. The van der Waals surface area contributed by atoms with Crippen LogP contribution in [0.25, 0.3) is 0 Å². The minimum Gasteiger partial charge on any atom is -0.383 e. The van der Waals surface area contributed by atoms with Crippen LogP contribution in [-0.4, -0.2) is 33.8 Å². The van der Waals surface area contributed by atoms with Crippen molar-refractivity contribution >= 4 is 24.3 Å². The average molecular weight is 335 g/mol. The summed E-state index contributed by atoms with van der Waals surface area (Å²) >= 11 is 4.85. The van der Waals surface area contributed by atoms with Gasteiger partial charge in [0.15, 0.2) is 0 Å². The van der Waals surface area contributed by atoms with E-state index in [4.69, 9.17) is 31.3 Å². The first-order valence-electron chi connectivity index (χ1n) is 6.43. The van der Waals surface area contributed by atoms with Crippen LogP contribution in [0.4, 0.5) is 5.82 Å². The summed E-state index contributed by atoms with van der Waals surface area (Å²) in [5.41, 5.74) is 4.96. The van der Waals surface area contributed by atoms with Crippen molar-refractivity contribution in [2.45, 2.75) is 38.2 Å². The van der Waals surface area contributed by atoms with Gasteiger partial charge < -0.3 is 24.4 Å². The summed E-state index contributed by atoms with van der Waals surface area (Å²) in [6.45, 7) is -1.36. The molecular formula is C11H18N3O5PS. The van der Waals surface area contributed by atoms with Crippen LogP contribution in [0.15, 0.2) is 17.1 Å². The fourth-order valence-corrected chi connectivity index (χ4v) is 3.19. The van der Waals surface area contributed by atoms with Crippen molar-refractivity contribution in [3.63, 3.8) is 0 Å². The molecule has 8 nitrogen and oxygen atoms in total. The van der Waals surface area contributed by atoms with Gasteiger partial charge in [0.05, 0.1) is 12.2 Å². The van der Waals surface area contributed by atoms with Crippen LogP contribution in [0.3, 0.4) is 0 Å². The molecule has 118 valence electrons. The highest BCUT2D eigenvalue weighted by atomic mass is 32.5. The summed E-state index contributed by atoms with van der Waals surface area (Å²) in [5, 5.41) is 0. The van der Waals surface area contributed by atoms with Crippen molar-refractivity contribution < 1.29 is 18.7 Å². The molecule has 3 N–H and O–H groups in total. The Balaban J connectivity index is 2.18. The van der Waals surface area contributed by atoms with Crippen LogP contribution in [0, 0.1) is 0 Å². The lowest BCUT2D eigenvalue weighted by Crippen LogP contribution is -2.27. The SMILES string of the molecule is CC[C@H]1O[C@@H](n2ccc(N)nc2=O)CC1OP(O)(=S)OC. The molecule has 2 heterocycles. The number of anilines is 1. The van der Waals surface area contributed by atoms with E-state index in [1.165, 1.54) is 23.9 Å². The van der Waals surface area contributed by atoms with E-state index in [9.17, 15) is 9.69 Å². The number of nitrogen functional groups attached to an aromatic ring is 1. The molecule has 0 saturated carbocycles. The third kappa shape index (κ3) is 3.88. The normalized spacial score (nSPS) is 28.4. The zero-order chi connectivity index (χ0) is 15.6. The zero-order valence-electron chi connectivity index (χ0n) is 11.7. The number of hydrogen-bond donors (Lipinski definition) is 2. The molecule has 1 saturated heterocycles. The fourth-order valence-electron chi connectivity index (χ4n) is 2.20. The average Bonchev–Trinajstić information content (AvgIpc) is 2.80. The Morgan fingerprint density at radius 1 is 1.71 bits per heavy atom. The van der Waals surface area contributed by atoms with Gasteiger partial charge in [0.1, 0.15) is 12.0 Å². The molecule has 0 spiro atoms. The smallest absolute Gasteiger partial charge is 0.351 e. The molecule has 1 aromatic heterocycles. The molecule has 0 radical (unpaired) electrons. The first-order chi connectivity index (χ1) is 9.86. The van der Waals surface area contributed by atoms with Gasteiger partial charge in [-0.15, -0.1) is 0 Å². The molecule has 1 fully saturated rings. The van der Waals surface area contributed by atoms with Gasteiger partial charge in [0.2, 0.25) is 0 Å². The van der Waals surface area contributed by atoms with Crippen LogP contribution in [0.1, 0.15) is 26.0 Å². The van der Waals surface area contributed by atoms with Crippen LogP contribution in [-0.2, 0) is 25.6 Å². The fraction of sp³-hybridized carbons (Fsp3) is 0.636. The van der Waals surface area contributed by atoms with E-state index in [0.29, 0.717) is 12.8 Å². The zero-order valence-corrected chi connectivity index (χ0v) is 13.4. The number of hydrogen-bond acceptors (Lipinski definition) is 7. The Bertz CT molecular complexity index is 610. The van der Waals surface area contributed by atoms with Crippen LogP contribution in [0.2, 0.25) is 0 Å². The molecule has 10 heteroatoms. The molecule has 0 aromatic carbocycles. The standard InChI is InChI=1S/C11H18N3O5PS/c1-3-7-8(19-20(16,21)17-2)6-10(18-7)14-5-4-9(12)13-11(14)15/h4-5,7-8,10H,3,6H2,1-2H3,(H,16,21)(H2,12,13,15)/t7-,8?,10-,20?/m1/s1. The Hall–Kier alpha value is -0.830. The number of ether oxygens (including phenoxy) is 1. The van der Waals surface area contributed by atoms with Gasteiger partial charge in [0.25, 0.3) is 0 Å². The van der Waals surface area contributed by atoms with Crippen molar-refractivity contribution in [3.05, 3.63) is 22.7 Å². The lowest BCUT2D eigenvalue weighted by Gasteiger charge is -2.21. The van der Waals surface area contributed by atoms with Gasteiger partial charge in [-0.25, -0.2) is 4.79 Å². The third-order valence-electron chi connectivity index (χ3n) is 3.24. The highest BCUT2D eigenvalue weighted by Gasteiger charge is 2.39. The van der Waals surface area contributed by atoms with Gasteiger partial charge in [-0.3, -0.25) is 4.57 Å². The predicted molar refractivity (Wildman–Crippen MR) is 80.1 cm³/mol. The predicted octanol–water partition coefficient (Wildman–Crippen LogP) is 0.771. The second kappa shape index (κ2) is 6.51. The minimum atomic E-state index is -3.28. The summed E-state index contributed by atoms with van der Waals surface area (Å²) in [5.74, 6) is 0.152. The maximum Gasteiger partial charge on any atom is 0.351 e. The highest BCUT2D eigenvalue weighted by molar-refractivity contribution is 8.07. The van der Waals surface area contributed by atoms with Crippen LogP contribution >= 0.6 is 6.72 Å². The quantitative estimate of drug-likeness (QED) is 0.760. The molecule has 4 atom stereocenters. The topological polar surface area (TPSA) is 109 Å². The first-order valence-corrected chi connectivity index (χ1v) is 9.02. The molecule has 1 aromatic rings. The van der Waals surface area contributed by atoms with E-state index in [2.05, 4.69) is 4.98 Å². The Kier molecular flexibility index (Phi) is 5.13. The van der Waals surface area contributed by atoms with Gasteiger partial charge in [0, 0.05) is 19.7 Å². The van der Waals surface area contributed by atoms with Crippen LogP contribution in [0.5, 0.6) is 0 Å². The summed E-state index contributed by atoms with van der Waals surface area (Å²) in [6.07, 6.45) is 1.27. The third-order valence-corrected chi connectivity index (χ3v) is 4.95. The van der Waals surface area contributed by atoms with Gasteiger partial charge in [-0.05, 0) is 24.3 Å². The second-order valence-corrected chi connectivity index (χ2v) is 7.51. The van der Waals surface area contributed by atoms with Crippen molar-refractivity contribution in [1.82, 2.24) is 9.55 Å². The monoisotopic (exact) mass is 335 g/mol.